The van der Waals surface area contributed by atoms with Crippen LogP contribution in [0, 0.1) is 0 Å². The summed E-state index contributed by atoms with van der Waals surface area (Å²) in [4.78, 5) is 16.6. The topological polar surface area (TPSA) is 62.5 Å². The Morgan fingerprint density at radius 3 is 2.54 bits per heavy atom. The number of amides is 1. The van der Waals surface area contributed by atoms with E-state index >= 15 is 0 Å². The number of piperazine rings is 1. The Bertz CT molecular complexity index is 688. The largest absolute Gasteiger partial charge is 0.424 e. The summed E-state index contributed by atoms with van der Waals surface area (Å²) in [5.74, 6) is 2.19. The molecule has 2 fully saturated rings. The van der Waals surface area contributed by atoms with Gasteiger partial charge in [-0.1, -0.05) is 30.3 Å². The van der Waals surface area contributed by atoms with Crippen LogP contribution in [0.5, 0.6) is 0 Å². The molecule has 0 radical (unpaired) electrons. The van der Waals surface area contributed by atoms with Crippen molar-refractivity contribution in [2.24, 2.45) is 0 Å². The van der Waals surface area contributed by atoms with Crippen molar-refractivity contribution < 1.29 is 9.21 Å². The van der Waals surface area contributed by atoms with E-state index in [1.165, 1.54) is 12.8 Å². The number of carbonyl (C=O) groups excluding carboxylic acids is 1. The van der Waals surface area contributed by atoms with Crippen molar-refractivity contribution in [2.45, 2.75) is 31.7 Å². The molecule has 0 bridgehead atoms. The molecule has 126 valence electrons. The van der Waals surface area contributed by atoms with Crippen molar-refractivity contribution in [3.05, 3.63) is 47.7 Å². The van der Waals surface area contributed by atoms with Crippen molar-refractivity contribution in [1.82, 2.24) is 20.0 Å². The predicted octanol–water partition coefficient (Wildman–Crippen LogP) is 1.83. The fraction of sp³-hybridized carbons (Fsp3) is 0.500. The fourth-order valence-corrected chi connectivity index (χ4v) is 3.05. The van der Waals surface area contributed by atoms with E-state index in [1.54, 1.807) is 0 Å². The summed E-state index contributed by atoms with van der Waals surface area (Å²) >= 11 is 0. The van der Waals surface area contributed by atoms with Gasteiger partial charge >= 0.3 is 0 Å². The first-order chi connectivity index (χ1) is 11.8. The molecule has 1 aromatic heterocycles. The van der Waals surface area contributed by atoms with Gasteiger partial charge in [-0.15, -0.1) is 10.2 Å². The van der Waals surface area contributed by atoms with Crippen LogP contribution in [0.25, 0.3) is 0 Å². The molecule has 24 heavy (non-hydrogen) atoms. The van der Waals surface area contributed by atoms with Crippen LogP contribution >= 0.6 is 0 Å². The van der Waals surface area contributed by atoms with E-state index in [-0.39, 0.29) is 5.91 Å². The molecule has 0 atom stereocenters. The maximum absolute atomic E-state index is 12.4. The predicted molar refractivity (Wildman–Crippen MR) is 88.3 cm³/mol. The van der Waals surface area contributed by atoms with Crippen LogP contribution in [0.2, 0.25) is 0 Å². The number of hydrogen-bond acceptors (Lipinski definition) is 5. The highest BCUT2D eigenvalue weighted by atomic mass is 16.4. The molecule has 2 heterocycles. The van der Waals surface area contributed by atoms with Crippen LogP contribution in [-0.2, 0) is 17.8 Å². The van der Waals surface area contributed by atoms with Gasteiger partial charge in [0.1, 0.15) is 0 Å². The average molecular weight is 326 g/mol. The van der Waals surface area contributed by atoms with Gasteiger partial charge in [0.2, 0.25) is 17.7 Å². The Kier molecular flexibility index (Phi) is 4.30. The first kappa shape index (κ1) is 15.3. The Hall–Kier alpha value is -2.21. The number of nitrogens with zero attached hydrogens (tertiary/aromatic N) is 4. The van der Waals surface area contributed by atoms with Gasteiger partial charge in [-0.3, -0.25) is 9.69 Å². The molecule has 1 amide bonds. The van der Waals surface area contributed by atoms with Crippen molar-refractivity contribution in [2.75, 3.05) is 26.2 Å². The lowest BCUT2D eigenvalue weighted by molar-refractivity contribution is -0.132. The molecule has 0 spiro atoms. The molecule has 1 saturated carbocycles. The molecule has 2 aromatic rings. The SMILES string of the molecule is O=C(Cc1ccccc1)N1CCN(Cc2nnc(C3CC3)o2)CC1. The molecule has 6 nitrogen and oxygen atoms in total. The summed E-state index contributed by atoms with van der Waals surface area (Å²) in [6.45, 7) is 3.90. The minimum absolute atomic E-state index is 0.203. The zero-order valence-corrected chi connectivity index (χ0v) is 13.7. The minimum atomic E-state index is 0.203. The molecule has 1 aromatic carbocycles. The third-order valence-corrected chi connectivity index (χ3v) is 4.69. The molecular weight excluding hydrogens is 304 g/mol. The average Bonchev–Trinajstić information content (AvgIpc) is 3.36. The number of carbonyl (C=O) groups is 1. The fourth-order valence-electron chi connectivity index (χ4n) is 3.05. The second-order valence-corrected chi connectivity index (χ2v) is 6.63. The van der Waals surface area contributed by atoms with Crippen molar-refractivity contribution in [3.63, 3.8) is 0 Å². The lowest BCUT2D eigenvalue weighted by Crippen LogP contribution is -2.48. The summed E-state index contributed by atoms with van der Waals surface area (Å²) in [5.41, 5.74) is 1.07. The number of hydrogen-bond donors (Lipinski definition) is 0. The Morgan fingerprint density at radius 1 is 1.08 bits per heavy atom. The van der Waals surface area contributed by atoms with E-state index in [0.717, 1.165) is 37.6 Å². The number of rotatable bonds is 5. The summed E-state index contributed by atoms with van der Waals surface area (Å²) < 4.78 is 5.72. The van der Waals surface area contributed by atoms with E-state index in [0.29, 0.717) is 24.8 Å². The highest BCUT2D eigenvalue weighted by Gasteiger charge is 2.30. The highest BCUT2D eigenvalue weighted by Crippen LogP contribution is 2.39. The van der Waals surface area contributed by atoms with E-state index < -0.39 is 0 Å². The summed E-state index contributed by atoms with van der Waals surface area (Å²) in [6, 6.07) is 9.92. The van der Waals surface area contributed by atoms with Crippen LogP contribution in [0.4, 0.5) is 0 Å². The smallest absolute Gasteiger partial charge is 0.230 e. The van der Waals surface area contributed by atoms with Gasteiger partial charge < -0.3 is 9.32 Å². The van der Waals surface area contributed by atoms with E-state index in [9.17, 15) is 4.79 Å². The lowest BCUT2D eigenvalue weighted by atomic mass is 10.1. The molecule has 0 N–H and O–H groups in total. The maximum atomic E-state index is 12.4. The van der Waals surface area contributed by atoms with Gasteiger partial charge in [-0.25, -0.2) is 0 Å². The minimum Gasteiger partial charge on any atom is -0.424 e. The number of aromatic nitrogens is 2. The second kappa shape index (κ2) is 6.73. The van der Waals surface area contributed by atoms with Crippen LogP contribution < -0.4 is 0 Å². The van der Waals surface area contributed by atoms with Gasteiger partial charge in [-0.05, 0) is 18.4 Å². The van der Waals surface area contributed by atoms with Gasteiger partial charge in [0.05, 0.1) is 13.0 Å². The van der Waals surface area contributed by atoms with E-state index in [2.05, 4.69) is 15.1 Å². The summed E-state index contributed by atoms with van der Waals surface area (Å²) in [5, 5.41) is 8.27. The van der Waals surface area contributed by atoms with Crippen LogP contribution in [-0.4, -0.2) is 52.1 Å². The van der Waals surface area contributed by atoms with E-state index in [4.69, 9.17) is 4.42 Å². The van der Waals surface area contributed by atoms with Crippen molar-refractivity contribution >= 4 is 5.91 Å². The maximum Gasteiger partial charge on any atom is 0.230 e. The van der Waals surface area contributed by atoms with Crippen LogP contribution in [0.15, 0.2) is 34.7 Å². The van der Waals surface area contributed by atoms with Gasteiger partial charge in [0.25, 0.3) is 0 Å². The van der Waals surface area contributed by atoms with Gasteiger partial charge in [-0.2, -0.15) is 0 Å². The molecule has 0 unspecified atom stereocenters. The monoisotopic (exact) mass is 326 g/mol. The molecule has 1 aliphatic carbocycles. The molecule has 1 aliphatic heterocycles. The quantitative estimate of drug-likeness (QED) is 0.839. The summed E-state index contributed by atoms with van der Waals surface area (Å²) in [7, 11) is 0. The Morgan fingerprint density at radius 2 is 1.83 bits per heavy atom. The zero-order valence-electron chi connectivity index (χ0n) is 13.7. The first-order valence-corrected chi connectivity index (χ1v) is 8.64. The molecule has 6 heteroatoms. The lowest BCUT2D eigenvalue weighted by Gasteiger charge is -2.34. The molecule has 2 aliphatic rings. The molecule has 4 rings (SSSR count). The first-order valence-electron chi connectivity index (χ1n) is 8.64. The van der Waals surface area contributed by atoms with Crippen LogP contribution in [0.3, 0.4) is 0 Å². The Labute approximate surface area is 141 Å². The van der Waals surface area contributed by atoms with Crippen molar-refractivity contribution in [1.29, 1.82) is 0 Å². The zero-order chi connectivity index (χ0) is 16.4. The normalized spacial score (nSPS) is 18.8. The third kappa shape index (κ3) is 3.64. The second-order valence-electron chi connectivity index (χ2n) is 6.63. The number of benzene rings is 1. The van der Waals surface area contributed by atoms with Crippen LogP contribution in [0.1, 0.15) is 36.1 Å². The Balaban J connectivity index is 1.26. The highest BCUT2D eigenvalue weighted by molar-refractivity contribution is 5.78. The molecule has 1 saturated heterocycles. The third-order valence-electron chi connectivity index (χ3n) is 4.69. The van der Waals surface area contributed by atoms with Gasteiger partial charge in [0, 0.05) is 32.1 Å². The standard InChI is InChI=1S/C18H22N4O2/c23-17(12-14-4-2-1-3-5-14)22-10-8-21(9-11-22)13-16-19-20-18(24-16)15-6-7-15/h1-5,15H,6-13H2. The van der Waals surface area contributed by atoms with E-state index in [1.807, 2.05) is 35.2 Å². The van der Waals surface area contributed by atoms with Gasteiger partial charge in [0.15, 0.2) is 0 Å². The van der Waals surface area contributed by atoms with Crippen molar-refractivity contribution in [3.8, 4) is 0 Å². The molecular formula is C18H22N4O2. The summed E-state index contributed by atoms with van der Waals surface area (Å²) in [6.07, 6.45) is 2.82.